The lowest BCUT2D eigenvalue weighted by Crippen LogP contribution is -2.47. The molecular weight excluding hydrogens is 569 g/mol. The van der Waals surface area contributed by atoms with Crippen LogP contribution < -0.4 is 15.2 Å². The number of benzene rings is 2. The van der Waals surface area contributed by atoms with Gasteiger partial charge in [0, 0.05) is 56.8 Å². The molecule has 2 aliphatic rings. The van der Waals surface area contributed by atoms with Gasteiger partial charge in [0.15, 0.2) is 0 Å². The number of anilines is 2. The van der Waals surface area contributed by atoms with E-state index < -0.39 is 22.8 Å². The van der Waals surface area contributed by atoms with E-state index in [1.165, 1.54) is 38.3 Å². The Morgan fingerprint density at radius 2 is 1.74 bits per heavy atom. The number of fused-ring (bicyclic) bond motifs is 1. The Hall–Kier alpha value is -3.95. The van der Waals surface area contributed by atoms with E-state index in [1.54, 1.807) is 10.8 Å². The minimum absolute atomic E-state index is 0.0700. The molecule has 1 N–H and O–H groups in total. The Balaban J connectivity index is 1.36. The number of pyridine rings is 2. The zero-order chi connectivity index (χ0) is 30.1. The molecule has 0 amide bonds. The van der Waals surface area contributed by atoms with Crippen molar-refractivity contribution in [3.05, 3.63) is 93.1 Å². The molecule has 0 unspecified atom stereocenters. The third kappa shape index (κ3) is 5.84. The summed E-state index contributed by atoms with van der Waals surface area (Å²) in [6.45, 7) is 3.04. The van der Waals surface area contributed by atoms with Crippen LogP contribution in [0.25, 0.3) is 16.6 Å². The van der Waals surface area contributed by atoms with Gasteiger partial charge in [-0.15, -0.1) is 0 Å². The molecule has 1 saturated heterocycles. The Morgan fingerprint density at radius 1 is 1.05 bits per heavy atom. The second kappa shape index (κ2) is 12.3. The lowest BCUT2D eigenvalue weighted by atomic mass is 9.94. The van der Waals surface area contributed by atoms with Crippen molar-refractivity contribution in [2.24, 2.45) is 0 Å². The van der Waals surface area contributed by atoms with Gasteiger partial charge < -0.3 is 19.5 Å². The summed E-state index contributed by atoms with van der Waals surface area (Å²) in [5, 5.41) is 9.83. The van der Waals surface area contributed by atoms with Crippen molar-refractivity contribution in [1.29, 1.82) is 0 Å². The number of carbonyl (C=O) groups is 1. The first-order chi connectivity index (χ1) is 20.8. The fourth-order valence-corrected chi connectivity index (χ4v) is 6.85. The Morgan fingerprint density at radius 3 is 2.40 bits per heavy atom. The van der Waals surface area contributed by atoms with Crippen molar-refractivity contribution < 1.29 is 14.3 Å². The fourth-order valence-electron chi connectivity index (χ4n) is 6.45. The van der Waals surface area contributed by atoms with E-state index >= 15 is 4.39 Å². The summed E-state index contributed by atoms with van der Waals surface area (Å²) in [4.78, 5) is 36.1. The molecule has 3 heterocycles. The van der Waals surface area contributed by atoms with Crippen molar-refractivity contribution in [2.75, 3.05) is 43.0 Å². The van der Waals surface area contributed by atoms with Gasteiger partial charge in [-0.1, -0.05) is 49.1 Å². The monoisotopic (exact) mass is 603 g/mol. The minimum atomic E-state index is -1.38. The molecule has 2 fully saturated rings. The number of halogens is 2. The van der Waals surface area contributed by atoms with Crippen LogP contribution in [0, 0.1) is 5.82 Å². The van der Waals surface area contributed by atoms with Crippen LogP contribution >= 0.6 is 11.6 Å². The molecule has 6 rings (SSSR count). The van der Waals surface area contributed by atoms with Gasteiger partial charge >= 0.3 is 5.97 Å². The summed E-state index contributed by atoms with van der Waals surface area (Å²) in [6, 6.07) is 15.2. The quantitative estimate of drug-likeness (QED) is 0.279. The molecule has 1 saturated carbocycles. The van der Waals surface area contributed by atoms with Gasteiger partial charge in [-0.2, -0.15) is 0 Å². The van der Waals surface area contributed by atoms with Crippen molar-refractivity contribution in [3.63, 3.8) is 0 Å². The summed E-state index contributed by atoms with van der Waals surface area (Å²) >= 11 is 6.96. The average molecular weight is 604 g/mol. The largest absolute Gasteiger partial charge is 0.477 e. The zero-order valence-electron chi connectivity index (χ0n) is 24.2. The third-order valence-corrected chi connectivity index (χ3v) is 9.16. The third-order valence-electron chi connectivity index (χ3n) is 8.80. The highest BCUT2D eigenvalue weighted by molar-refractivity contribution is 6.38. The van der Waals surface area contributed by atoms with Gasteiger partial charge in [0.1, 0.15) is 17.2 Å². The molecule has 0 radical (unpaired) electrons. The molecule has 0 atom stereocenters. The van der Waals surface area contributed by atoms with Crippen LogP contribution in [0.3, 0.4) is 0 Å². The summed E-state index contributed by atoms with van der Waals surface area (Å²) in [5.74, 6) is -1.18. The van der Waals surface area contributed by atoms with Gasteiger partial charge in [0.2, 0.25) is 5.43 Å². The van der Waals surface area contributed by atoms with Gasteiger partial charge in [-0.3, -0.25) is 9.69 Å². The summed E-state index contributed by atoms with van der Waals surface area (Å²) in [5.41, 5.74) is 1.04. The molecule has 1 aliphatic heterocycles. The molecule has 224 valence electrons. The van der Waals surface area contributed by atoms with Gasteiger partial charge in [-0.05, 0) is 55.8 Å². The van der Waals surface area contributed by atoms with E-state index in [4.69, 9.17) is 11.6 Å². The predicted octanol–water partition coefficient (Wildman–Crippen LogP) is 5.97. The molecule has 4 aromatic rings. The number of nitrogens with zero attached hydrogens (tertiary/aromatic N) is 5. The molecule has 8 nitrogen and oxygen atoms in total. The first-order valence-electron chi connectivity index (χ1n) is 14.8. The molecule has 1 aliphatic carbocycles. The zero-order valence-corrected chi connectivity index (χ0v) is 24.9. The SMILES string of the molecule is CN(Cc1ccc(-n2cc(C(=O)O)c(=O)c3cc(F)c(N4CCN(c5ccccn5)CC4)c(Cl)c32)cc1)C1CCCCC1. The van der Waals surface area contributed by atoms with Gasteiger partial charge in [0.25, 0.3) is 0 Å². The van der Waals surface area contributed by atoms with Crippen LogP contribution in [0.2, 0.25) is 5.02 Å². The molecule has 2 aromatic carbocycles. The van der Waals surface area contributed by atoms with Crippen LogP contribution in [0.1, 0.15) is 48.0 Å². The maximum Gasteiger partial charge on any atom is 0.341 e. The van der Waals surface area contributed by atoms with E-state index in [0.29, 0.717) is 37.9 Å². The highest BCUT2D eigenvalue weighted by atomic mass is 35.5. The van der Waals surface area contributed by atoms with Crippen LogP contribution in [0.4, 0.5) is 15.9 Å². The average Bonchev–Trinajstić information content (AvgIpc) is 3.03. The van der Waals surface area contributed by atoms with Crippen molar-refractivity contribution in [3.8, 4) is 5.69 Å². The lowest BCUT2D eigenvalue weighted by Gasteiger charge is -2.37. The number of aromatic nitrogens is 2. The second-order valence-electron chi connectivity index (χ2n) is 11.5. The number of hydrogen-bond acceptors (Lipinski definition) is 6. The maximum atomic E-state index is 15.7. The molecular formula is C33H35ClFN5O3. The van der Waals surface area contributed by atoms with E-state index in [9.17, 15) is 14.7 Å². The molecule has 2 aromatic heterocycles. The van der Waals surface area contributed by atoms with E-state index in [0.717, 1.165) is 24.0 Å². The summed E-state index contributed by atoms with van der Waals surface area (Å²) in [7, 11) is 2.16. The number of carboxylic acid groups (broad SMARTS) is 1. The number of aromatic carboxylic acids is 1. The molecule has 43 heavy (non-hydrogen) atoms. The predicted molar refractivity (Wildman–Crippen MR) is 168 cm³/mol. The molecule has 0 bridgehead atoms. The van der Waals surface area contributed by atoms with Crippen molar-refractivity contribution >= 4 is 40.0 Å². The van der Waals surface area contributed by atoms with Gasteiger partial charge in [0.05, 0.1) is 21.6 Å². The second-order valence-corrected chi connectivity index (χ2v) is 11.9. The fraction of sp³-hybridized carbons (Fsp3) is 0.364. The summed E-state index contributed by atoms with van der Waals surface area (Å²) < 4.78 is 17.3. The van der Waals surface area contributed by atoms with E-state index in [1.807, 2.05) is 47.4 Å². The topological polar surface area (TPSA) is 81.9 Å². The maximum absolute atomic E-state index is 15.7. The summed E-state index contributed by atoms with van der Waals surface area (Å²) in [6.07, 6.45) is 9.30. The first-order valence-corrected chi connectivity index (χ1v) is 15.2. The highest BCUT2D eigenvalue weighted by Crippen LogP contribution is 2.37. The van der Waals surface area contributed by atoms with Crippen LogP contribution in [0.5, 0.6) is 0 Å². The number of carboxylic acids is 1. The Bertz CT molecular complexity index is 1680. The smallest absolute Gasteiger partial charge is 0.341 e. The Kier molecular flexibility index (Phi) is 8.36. The highest BCUT2D eigenvalue weighted by Gasteiger charge is 2.27. The van der Waals surface area contributed by atoms with Crippen molar-refractivity contribution in [2.45, 2.75) is 44.7 Å². The molecule has 0 spiro atoms. The van der Waals surface area contributed by atoms with Crippen molar-refractivity contribution in [1.82, 2.24) is 14.5 Å². The number of rotatable bonds is 7. The minimum Gasteiger partial charge on any atom is -0.477 e. The number of piperazine rings is 1. The molecule has 10 heteroatoms. The Labute approximate surface area is 254 Å². The lowest BCUT2D eigenvalue weighted by molar-refractivity contribution is 0.0695. The van der Waals surface area contributed by atoms with E-state index in [2.05, 4.69) is 21.8 Å². The van der Waals surface area contributed by atoms with E-state index in [-0.39, 0.29) is 21.6 Å². The van der Waals surface area contributed by atoms with Crippen LogP contribution in [-0.4, -0.2) is 64.8 Å². The van der Waals surface area contributed by atoms with Gasteiger partial charge in [-0.25, -0.2) is 14.2 Å². The van der Waals surface area contributed by atoms with Crippen LogP contribution in [-0.2, 0) is 6.54 Å². The first kappa shape index (κ1) is 29.1. The normalized spacial score (nSPS) is 16.3. The number of hydrogen-bond donors (Lipinski definition) is 1. The standard InChI is InChI=1S/C33H35ClFN5O3/c1-37(23-7-3-2-4-8-23)20-22-10-12-24(13-11-22)40-21-26(33(42)43)32(41)25-19-27(35)31(29(34)30(25)40)39-17-15-38(16-18-39)28-9-5-6-14-36-28/h5-6,9-14,19,21,23H,2-4,7-8,15-18,20H2,1H3,(H,42,43). The van der Waals surface area contributed by atoms with Crippen LogP contribution in [0.15, 0.2) is 65.7 Å².